The molecule has 1 fully saturated rings. The maximum Gasteiger partial charge on any atom is 0.289 e. The minimum Gasteiger partial charge on any atom is -0.381 e. The van der Waals surface area contributed by atoms with Gasteiger partial charge in [0.15, 0.2) is 14.7 Å². The third-order valence-electron chi connectivity index (χ3n) is 8.66. The van der Waals surface area contributed by atoms with Crippen LogP contribution < -0.4 is 0 Å². The summed E-state index contributed by atoms with van der Waals surface area (Å²) >= 11 is 0. The predicted molar refractivity (Wildman–Crippen MR) is 194 cm³/mol. The number of nitro benzene ring substituents is 3. The SMILES string of the molecule is CCCCCCOCC1CN(S(=O)(=O)c2ccccc2[N+](=O)[O-])CCN(S(=O)(=O)c2ccccc2[N+](=O)[O-])CCN(S(=O)(=O)c2ccccc2[N+](=O)[O-])C1. The van der Waals surface area contributed by atoms with Crippen LogP contribution in [0.4, 0.5) is 17.1 Å². The molecule has 19 nitrogen and oxygen atoms in total. The number of para-hydroxylation sites is 3. The smallest absolute Gasteiger partial charge is 0.289 e. The van der Waals surface area contributed by atoms with Gasteiger partial charge in [0, 0.05) is 70.0 Å². The van der Waals surface area contributed by atoms with Crippen LogP contribution in [0.25, 0.3) is 0 Å². The molecule has 0 N–H and O–H groups in total. The predicted octanol–water partition coefficient (Wildman–Crippen LogP) is 4.01. The van der Waals surface area contributed by atoms with E-state index < -0.39 is 122 Å². The molecule has 3 aromatic rings. The number of benzene rings is 3. The Labute approximate surface area is 312 Å². The van der Waals surface area contributed by atoms with Crippen molar-refractivity contribution in [2.75, 3.05) is 52.5 Å². The molecule has 1 aliphatic heterocycles. The Morgan fingerprint density at radius 3 is 1.30 bits per heavy atom. The first kappa shape index (κ1) is 42.3. The Kier molecular flexibility index (Phi) is 14.3. The van der Waals surface area contributed by atoms with Crippen LogP contribution in [0.5, 0.6) is 0 Å². The number of sulfonamides is 3. The molecule has 54 heavy (non-hydrogen) atoms. The van der Waals surface area contributed by atoms with Crippen LogP contribution in [-0.4, -0.2) is 105 Å². The van der Waals surface area contributed by atoms with Gasteiger partial charge in [0.05, 0.1) is 21.4 Å². The summed E-state index contributed by atoms with van der Waals surface area (Å²) in [6, 6.07) is 13.5. The molecule has 0 spiro atoms. The number of unbranched alkanes of at least 4 members (excludes halogenated alkanes) is 3. The van der Waals surface area contributed by atoms with E-state index in [1.54, 1.807) is 0 Å². The average molecular weight is 813 g/mol. The summed E-state index contributed by atoms with van der Waals surface area (Å²) in [5.41, 5.74) is -2.31. The summed E-state index contributed by atoms with van der Waals surface area (Å²) in [5, 5.41) is 35.7. The Bertz CT molecular complexity index is 2070. The molecule has 22 heteroatoms. The lowest BCUT2D eigenvalue weighted by atomic mass is 10.1. The summed E-state index contributed by atoms with van der Waals surface area (Å²) in [7, 11) is -14.5. The fraction of sp³-hybridized carbons (Fsp3) is 0.438. The number of ether oxygens (including phenoxy) is 1. The van der Waals surface area contributed by atoms with E-state index in [4.69, 9.17) is 4.74 Å². The van der Waals surface area contributed by atoms with E-state index >= 15 is 0 Å². The Morgan fingerprint density at radius 2 is 0.926 bits per heavy atom. The standard InChI is InChI=1S/C32H40N6O13S3/c1-2-3-4-11-22-51-25-26-23-34(53(47,48)31-16-9-6-13-28(31)37(41)42)20-18-33(52(45,46)30-15-8-5-12-27(30)36(39)40)19-21-35(24-26)54(49,50)32-17-10-7-14-29(32)38(43)44/h5-10,12-17,26H,2-4,11,18-25H2,1H3. The van der Waals surface area contributed by atoms with E-state index in [0.29, 0.717) is 10.7 Å². The molecule has 0 saturated carbocycles. The van der Waals surface area contributed by atoms with Crippen molar-refractivity contribution in [2.45, 2.75) is 47.3 Å². The number of hydrogen-bond donors (Lipinski definition) is 0. The second-order valence-electron chi connectivity index (χ2n) is 12.3. The highest BCUT2D eigenvalue weighted by Gasteiger charge is 2.40. The second kappa shape index (κ2) is 18.3. The van der Waals surface area contributed by atoms with Crippen LogP contribution in [0.2, 0.25) is 0 Å². The minimum absolute atomic E-state index is 0.198. The topological polar surface area (TPSA) is 251 Å². The molecule has 294 valence electrons. The van der Waals surface area contributed by atoms with Gasteiger partial charge in [-0.15, -0.1) is 0 Å². The Hall–Kier alpha value is -4.45. The summed E-state index contributed by atoms with van der Waals surface area (Å²) in [6.45, 7) is -1.51. The highest BCUT2D eigenvalue weighted by atomic mass is 32.2. The maximum absolute atomic E-state index is 14.3. The third kappa shape index (κ3) is 9.80. The molecular weight excluding hydrogens is 773 g/mol. The van der Waals surface area contributed by atoms with E-state index in [1.807, 2.05) is 6.92 Å². The molecule has 0 aliphatic carbocycles. The fourth-order valence-corrected chi connectivity index (χ4v) is 10.8. The second-order valence-corrected chi connectivity index (χ2v) is 18.0. The van der Waals surface area contributed by atoms with E-state index in [2.05, 4.69) is 0 Å². The first-order chi connectivity index (χ1) is 25.5. The Morgan fingerprint density at radius 1 is 0.574 bits per heavy atom. The monoisotopic (exact) mass is 812 g/mol. The van der Waals surface area contributed by atoms with E-state index in [9.17, 15) is 55.6 Å². The Balaban J connectivity index is 1.87. The van der Waals surface area contributed by atoms with Crippen molar-refractivity contribution in [3.63, 3.8) is 0 Å². The lowest BCUT2D eigenvalue weighted by molar-refractivity contribution is -0.388. The number of nitrogens with zero attached hydrogens (tertiary/aromatic N) is 6. The van der Waals surface area contributed by atoms with Crippen LogP contribution in [0.15, 0.2) is 87.5 Å². The van der Waals surface area contributed by atoms with Crippen molar-refractivity contribution >= 4 is 47.1 Å². The van der Waals surface area contributed by atoms with Crippen molar-refractivity contribution in [1.29, 1.82) is 0 Å². The molecular formula is C32H40N6O13S3. The van der Waals surface area contributed by atoms with Crippen LogP contribution in [0.1, 0.15) is 32.6 Å². The molecule has 1 heterocycles. The van der Waals surface area contributed by atoms with Gasteiger partial charge in [-0.1, -0.05) is 62.6 Å². The van der Waals surface area contributed by atoms with Gasteiger partial charge < -0.3 is 4.74 Å². The first-order valence-electron chi connectivity index (χ1n) is 16.8. The van der Waals surface area contributed by atoms with Gasteiger partial charge in [-0.25, -0.2) is 25.3 Å². The zero-order chi connectivity index (χ0) is 39.7. The molecule has 0 bridgehead atoms. The normalized spacial score (nSPS) is 16.2. The summed E-state index contributed by atoms with van der Waals surface area (Å²) in [5.74, 6) is -0.968. The molecule has 0 unspecified atom stereocenters. The van der Waals surface area contributed by atoms with Gasteiger partial charge in [-0.3, -0.25) is 30.3 Å². The third-order valence-corrected chi connectivity index (χ3v) is 14.4. The summed E-state index contributed by atoms with van der Waals surface area (Å²) in [6.07, 6.45) is 3.36. The van der Waals surface area contributed by atoms with Crippen LogP contribution in [0.3, 0.4) is 0 Å². The van der Waals surface area contributed by atoms with Crippen molar-refractivity contribution in [3.05, 3.63) is 103 Å². The van der Waals surface area contributed by atoms with Gasteiger partial charge in [-0.2, -0.15) is 12.9 Å². The molecule has 0 amide bonds. The number of hydrogen-bond acceptors (Lipinski definition) is 13. The molecule has 3 aromatic carbocycles. The van der Waals surface area contributed by atoms with Gasteiger partial charge >= 0.3 is 0 Å². The lowest BCUT2D eigenvalue weighted by Crippen LogP contribution is -2.50. The van der Waals surface area contributed by atoms with Crippen LogP contribution in [-0.2, 0) is 34.8 Å². The van der Waals surface area contributed by atoms with Gasteiger partial charge in [0.2, 0.25) is 30.1 Å². The molecule has 1 aliphatic rings. The summed E-state index contributed by atoms with van der Waals surface area (Å²) in [4.78, 5) is 30.8. The maximum atomic E-state index is 14.3. The summed E-state index contributed by atoms with van der Waals surface area (Å²) < 4.78 is 93.5. The molecule has 0 aromatic heterocycles. The van der Waals surface area contributed by atoms with Gasteiger partial charge in [-0.05, 0) is 24.6 Å². The quantitative estimate of drug-likeness (QED) is 0.113. The molecule has 0 radical (unpaired) electrons. The largest absolute Gasteiger partial charge is 0.381 e. The average Bonchev–Trinajstić information content (AvgIpc) is 3.14. The van der Waals surface area contributed by atoms with Crippen molar-refractivity contribution in [3.8, 4) is 0 Å². The van der Waals surface area contributed by atoms with Crippen molar-refractivity contribution in [2.24, 2.45) is 5.92 Å². The lowest BCUT2D eigenvalue weighted by Gasteiger charge is -2.35. The van der Waals surface area contributed by atoms with Gasteiger partial charge in [0.25, 0.3) is 17.1 Å². The fourth-order valence-electron chi connectivity index (χ4n) is 5.93. The zero-order valence-electron chi connectivity index (χ0n) is 29.2. The first-order valence-corrected chi connectivity index (χ1v) is 21.1. The van der Waals surface area contributed by atoms with Crippen molar-refractivity contribution in [1.82, 2.24) is 12.9 Å². The number of rotatable bonds is 16. The van der Waals surface area contributed by atoms with Crippen LogP contribution in [0, 0.1) is 36.3 Å². The van der Waals surface area contributed by atoms with Crippen LogP contribution >= 0.6 is 0 Å². The van der Waals surface area contributed by atoms with E-state index in [-0.39, 0.29) is 13.2 Å². The highest BCUT2D eigenvalue weighted by molar-refractivity contribution is 7.90. The zero-order valence-corrected chi connectivity index (χ0v) is 31.7. The molecule has 0 atom stereocenters. The minimum atomic E-state index is -4.85. The van der Waals surface area contributed by atoms with Crippen molar-refractivity contribution < 1.29 is 44.8 Å². The van der Waals surface area contributed by atoms with E-state index in [0.717, 1.165) is 64.3 Å². The van der Waals surface area contributed by atoms with E-state index in [1.165, 1.54) is 36.4 Å². The molecule has 4 rings (SSSR count). The highest BCUT2D eigenvalue weighted by Crippen LogP contribution is 2.32. The molecule has 1 saturated heterocycles. The van der Waals surface area contributed by atoms with Gasteiger partial charge in [0.1, 0.15) is 0 Å². The number of nitro groups is 3.